The Morgan fingerprint density at radius 2 is 0.931 bits per heavy atom. The number of esters is 2. The molecule has 0 aromatic heterocycles. The zero-order chi connectivity index (χ0) is 21.9. The normalized spacial score (nSPS) is 9.66. The van der Waals surface area contributed by atoms with Crippen molar-refractivity contribution in [3.63, 3.8) is 0 Å². The van der Waals surface area contributed by atoms with E-state index < -0.39 is 37.1 Å². The van der Waals surface area contributed by atoms with Gasteiger partial charge in [-0.05, 0) is 40.5 Å². The van der Waals surface area contributed by atoms with Crippen LogP contribution in [0.4, 0.5) is 0 Å². The molecule has 168 valence electrons. The van der Waals surface area contributed by atoms with Crippen molar-refractivity contribution >= 4 is 23.9 Å². The second-order valence-electron chi connectivity index (χ2n) is 6.02. The maximum absolute atomic E-state index is 10.8. The molecule has 0 saturated heterocycles. The summed E-state index contributed by atoms with van der Waals surface area (Å²) in [4.78, 5) is 61.0. The van der Waals surface area contributed by atoms with Crippen molar-refractivity contribution in [1.29, 1.82) is 0 Å². The van der Waals surface area contributed by atoms with Gasteiger partial charge >= 0.3 is 23.9 Å². The van der Waals surface area contributed by atoms with Crippen LogP contribution < -0.4 is 0 Å². The van der Waals surface area contributed by atoms with E-state index in [0.29, 0.717) is 25.7 Å². The van der Waals surface area contributed by atoms with Crippen LogP contribution in [-0.4, -0.2) is 49.3 Å². The van der Waals surface area contributed by atoms with Crippen molar-refractivity contribution in [3.8, 4) is 0 Å². The molecule has 0 spiro atoms. The van der Waals surface area contributed by atoms with Gasteiger partial charge in [0.15, 0.2) is 13.2 Å². The number of ether oxygens (including phenoxy) is 2. The van der Waals surface area contributed by atoms with E-state index in [0.717, 1.165) is 0 Å². The van der Waals surface area contributed by atoms with E-state index in [1.165, 1.54) is 0 Å². The second-order valence-corrected chi connectivity index (χ2v) is 6.02. The van der Waals surface area contributed by atoms with Gasteiger partial charge in [0.25, 0.3) is 0 Å². The SMILES string of the molecule is CCCC(=O)OCC(=O)OOC(C)C.CCCC(=O)OCC(=O)OOC(C)C.[Ti]. The molecule has 0 aliphatic carbocycles. The quantitative estimate of drug-likeness (QED) is 0.187. The van der Waals surface area contributed by atoms with Crippen molar-refractivity contribution in [3.05, 3.63) is 0 Å². The summed E-state index contributed by atoms with van der Waals surface area (Å²) in [5, 5.41) is 0. The molecule has 0 aromatic carbocycles. The van der Waals surface area contributed by atoms with Crippen molar-refractivity contribution in [2.45, 2.75) is 79.4 Å². The molecule has 11 heteroatoms. The van der Waals surface area contributed by atoms with E-state index in [1.807, 2.05) is 13.8 Å². The summed E-state index contributed by atoms with van der Waals surface area (Å²) in [6.45, 7) is 9.78. The third-order valence-corrected chi connectivity index (χ3v) is 2.28. The molecule has 0 radical (unpaired) electrons. The number of rotatable bonds is 12. The maximum atomic E-state index is 10.8. The first-order chi connectivity index (χ1) is 13.1. The maximum Gasteiger partial charge on any atom is 0.379 e. The molecule has 0 rings (SSSR count). The molecule has 0 aliphatic rings. The molecule has 0 aromatic rings. The Morgan fingerprint density at radius 1 is 0.621 bits per heavy atom. The molecule has 0 saturated carbocycles. The van der Waals surface area contributed by atoms with E-state index in [4.69, 9.17) is 0 Å². The molecule has 0 heterocycles. The van der Waals surface area contributed by atoms with Crippen molar-refractivity contribution in [2.24, 2.45) is 0 Å². The van der Waals surface area contributed by atoms with Gasteiger partial charge in [0, 0.05) is 34.6 Å². The molecule has 0 N–H and O–H groups in total. The van der Waals surface area contributed by atoms with Gasteiger partial charge in [0.1, 0.15) is 0 Å². The molecule has 0 atom stereocenters. The van der Waals surface area contributed by atoms with Gasteiger partial charge in [0.2, 0.25) is 0 Å². The molecule has 29 heavy (non-hydrogen) atoms. The van der Waals surface area contributed by atoms with Crippen molar-refractivity contribution < 1.29 is 69.9 Å². The smallest absolute Gasteiger partial charge is 0.379 e. The van der Waals surface area contributed by atoms with Crippen LogP contribution in [-0.2, 0) is 69.9 Å². The van der Waals surface area contributed by atoms with E-state index in [2.05, 4.69) is 29.0 Å². The Balaban J connectivity index is -0.000000451. The summed E-state index contributed by atoms with van der Waals surface area (Å²) in [6.07, 6.45) is 1.58. The van der Waals surface area contributed by atoms with Gasteiger partial charge in [-0.2, -0.15) is 9.78 Å². The topological polar surface area (TPSA) is 124 Å². The van der Waals surface area contributed by atoms with Crippen LogP contribution >= 0.6 is 0 Å². The largest absolute Gasteiger partial charge is 0.454 e. The Morgan fingerprint density at radius 3 is 1.17 bits per heavy atom. The predicted octanol–water partition coefficient (Wildman–Crippen LogP) is 2.42. The summed E-state index contributed by atoms with van der Waals surface area (Å²) in [7, 11) is 0. The average Bonchev–Trinajstić information content (AvgIpc) is 2.62. The Labute approximate surface area is 186 Å². The summed E-state index contributed by atoms with van der Waals surface area (Å²) in [5.41, 5.74) is 0. The summed E-state index contributed by atoms with van der Waals surface area (Å²) in [6, 6.07) is 0. The van der Waals surface area contributed by atoms with Gasteiger partial charge in [-0.3, -0.25) is 19.4 Å². The molecule has 0 amide bonds. The van der Waals surface area contributed by atoms with Crippen LogP contribution in [0.25, 0.3) is 0 Å². The van der Waals surface area contributed by atoms with Crippen molar-refractivity contribution in [1.82, 2.24) is 0 Å². The number of carbonyl (C=O) groups excluding carboxylic acids is 4. The Kier molecular flexibility index (Phi) is 23.6. The summed E-state index contributed by atoms with van der Waals surface area (Å²) in [5.74, 6) is -2.23. The Hall–Kier alpha value is -1.49. The van der Waals surface area contributed by atoms with Gasteiger partial charge in [-0.25, -0.2) is 9.59 Å². The van der Waals surface area contributed by atoms with Crippen LogP contribution in [0.15, 0.2) is 0 Å². The minimum absolute atomic E-state index is 0. The minimum atomic E-state index is -0.705. The molecular formula is C18H32O10Ti. The van der Waals surface area contributed by atoms with Crippen LogP contribution in [0.3, 0.4) is 0 Å². The van der Waals surface area contributed by atoms with Crippen LogP contribution in [0.5, 0.6) is 0 Å². The predicted molar refractivity (Wildman–Crippen MR) is 96.4 cm³/mol. The Bertz CT molecular complexity index is 424. The second kappa shape index (κ2) is 21.2. The zero-order valence-electron chi connectivity index (χ0n) is 18.0. The summed E-state index contributed by atoms with van der Waals surface area (Å²) < 4.78 is 9.17. The van der Waals surface area contributed by atoms with Gasteiger partial charge in [-0.15, -0.1) is 0 Å². The van der Waals surface area contributed by atoms with Crippen molar-refractivity contribution in [2.75, 3.05) is 13.2 Å². The third-order valence-electron chi connectivity index (χ3n) is 2.28. The zero-order valence-corrected chi connectivity index (χ0v) is 19.5. The monoisotopic (exact) mass is 456 g/mol. The molecule has 0 unspecified atom stereocenters. The molecule has 10 nitrogen and oxygen atoms in total. The van der Waals surface area contributed by atoms with Crippen LogP contribution in [0, 0.1) is 0 Å². The van der Waals surface area contributed by atoms with Gasteiger partial charge in [0.05, 0.1) is 12.2 Å². The standard InChI is InChI=1S/2C9H16O5.Ti/c2*1-4-5-8(10)12-6-9(11)14-13-7(2)3;/h2*7H,4-6H2,1-3H3;. The first-order valence-corrected chi connectivity index (χ1v) is 9.15. The molecular weight excluding hydrogens is 424 g/mol. The van der Waals surface area contributed by atoms with Gasteiger partial charge < -0.3 is 9.47 Å². The minimum Gasteiger partial charge on any atom is -0.454 e. The summed E-state index contributed by atoms with van der Waals surface area (Å²) >= 11 is 0. The number of carbonyl (C=O) groups is 4. The van der Waals surface area contributed by atoms with E-state index >= 15 is 0 Å². The van der Waals surface area contributed by atoms with E-state index in [9.17, 15) is 19.2 Å². The third kappa shape index (κ3) is 26.5. The van der Waals surface area contributed by atoms with Crippen LogP contribution in [0.2, 0.25) is 0 Å². The molecule has 0 fully saturated rings. The first kappa shape index (κ1) is 32.2. The van der Waals surface area contributed by atoms with Crippen LogP contribution in [0.1, 0.15) is 67.2 Å². The van der Waals surface area contributed by atoms with Gasteiger partial charge in [-0.1, -0.05) is 13.8 Å². The average molecular weight is 456 g/mol. The number of hydrogen-bond donors (Lipinski definition) is 0. The first-order valence-electron chi connectivity index (χ1n) is 9.15. The molecule has 0 aliphatic heterocycles. The fraction of sp³-hybridized carbons (Fsp3) is 0.778. The fourth-order valence-electron chi connectivity index (χ4n) is 1.18. The van der Waals surface area contributed by atoms with E-state index in [-0.39, 0.29) is 33.9 Å². The molecule has 0 bridgehead atoms. The fourth-order valence-corrected chi connectivity index (χ4v) is 1.18. The number of hydrogen-bond acceptors (Lipinski definition) is 10. The van der Waals surface area contributed by atoms with E-state index in [1.54, 1.807) is 27.7 Å².